The Bertz CT molecular complexity index is 535. The van der Waals surface area contributed by atoms with Gasteiger partial charge in [0.15, 0.2) is 0 Å². The summed E-state index contributed by atoms with van der Waals surface area (Å²) in [5.74, 6) is -0.458. The number of carboxylic acids is 1. The van der Waals surface area contributed by atoms with Gasteiger partial charge in [0.2, 0.25) is 0 Å². The van der Waals surface area contributed by atoms with Gasteiger partial charge < -0.3 is 5.11 Å². The van der Waals surface area contributed by atoms with Crippen LogP contribution in [0.3, 0.4) is 0 Å². The predicted octanol–water partition coefficient (Wildman–Crippen LogP) is 2.67. The van der Waals surface area contributed by atoms with E-state index in [1.54, 1.807) is 0 Å². The van der Waals surface area contributed by atoms with Crippen LogP contribution in [-0.4, -0.2) is 17.1 Å². The van der Waals surface area contributed by atoms with Gasteiger partial charge in [-0.3, -0.25) is 10.2 Å². The van der Waals surface area contributed by atoms with Crippen LogP contribution in [0.1, 0.15) is 36.4 Å². The summed E-state index contributed by atoms with van der Waals surface area (Å²) in [5, 5.41) is 9.94. The van der Waals surface area contributed by atoms with E-state index in [2.05, 4.69) is 16.9 Å². The van der Waals surface area contributed by atoms with Crippen molar-refractivity contribution >= 4 is 17.6 Å². The van der Waals surface area contributed by atoms with E-state index in [1.165, 1.54) is 5.56 Å². The number of hydrogen-bond donors (Lipinski definition) is 3. The van der Waals surface area contributed by atoms with Crippen LogP contribution in [0.4, 0.5) is 0 Å². The molecule has 4 nitrogen and oxygen atoms in total. The highest BCUT2D eigenvalue weighted by Gasteiger charge is 2.42. The second-order valence-corrected chi connectivity index (χ2v) is 6.25. The van der Waals surface area contributed by atoms with Crippen molar-refractivity contribution in [3.63, 3.8) is 0 Å². The number of rotatable bonds is 2. The molecule has 108 valence electrons. The summed E-state index contributed by atoms with van der Waals surface area (Å²) >= 11 is 6.21. The highest BCUT2D eigenvalue weighted by atomic mass is 35.5. The zero-order valence-electron chi connectivity index (χ0n) is 11.4. The third kappa shape index (κ3) is 2.32. The molecule has 0 bridgehead atoms. The summed E-state index contributed by atoms with van der Waals surface area (Å²) in [5.41, 5.74) is 8.94. The van der Waals surface area contributed by atoms with Gasteiger partial charge in [-0.05, 0) is 49.3 Å². The second-order valence-electron chi connectivity index (χ2n) is 5.84. The monoisotopic (exact) mass is 294 g/mol. The van der Waals surface area contributed by atoms with Crippen LogP contribution in [-0.2, 0) is 4.79 Å². The van der Waals surface area contributed by atoms with Gasteiger partial charge in [0.05, 0.1) is 12.0 Å². The lowest BCUT2D eigenvalue weighted by Crippen LogP contribution is -2.38. The quantitative estimate of drug-likeness (QED) is 0.785. The van der Waals surface area contributed by atoms with Crippen molar-refractivity contribution in [2.45, 2.75) is 38.3 Å². The minimum absolute atomic E-state index is 0.216. The van der Waals surface area contributed by atoms with Gasteiger partial charge in [-0.1, -0.05) is 23.7 Å². The average Bonchev–Trinajstić information content (AvgIpc) is 2.84. The van der Waals surface area contributed by atoms with Gasteiger partial charge in [0, 0.05) is 11.1 Å². The normalized spacial score (nSPS) is 32.9. The SMILES string of the molecule is Cc1c(Cl)cccc1C1NNC2CC(C(=O)O)CCC21. The standard InChI is InChI=1S/C15H19ClN2O2/c1-8-10(3-2-4-12(8)16)14-11-6-5-9(15(19)20)7-13(11)17-18-14/h2-4,9,11,13-14,17-18H,5-7H2,1H3,(H,19,20). The minimum atomic E-state index is -0.673. The molecule has 4 atom stereocenters. The van der Waals surface area contributed by atoms with Crippen molar-refractivity contribution in [3.05, 3.63) is 34.3 Å². The zero-order valence-corrected chi connectivity index (χ0v) is 12.2. The average molecular weight is 295 g/mol. The maximum absolute atomic E-state index is 11.1. The Balaban J connectivity index is 1.81. The number of benzene rings is 1. The summed E-state index contributed by atoms with van der Waals surface area (Å²) < 4.78 is 0. The van der Waals surface area contributed by atoms with Crippen molar-refractivity contribution < 1.29 is 9.90 Å². The number of hydrazine groups is 1. The molecule has 0 radical (unpaired) electrons. The van der Waals surface area contributed by atoms with Gasteiger partial charge in [-0.25, -0.2) is 5.43 Å². The van der Waals surface area contributed by atoms with E-state index in [-0.39, 0.29) is 18.0 Å². The summed E-state index contributed by atoms with van der Waals surface area (Å²) in [4.78, 5) is 11.1. The predicted molar refractivity (Wildman–Crippen MR) is 77.5 cm³/mol. The molecule has 3 N–H and O–H groups in total. The highest BCUT2D eigenvalue weighted by molar-refractivity contribution is 6.31. The molecule has 1 heterocycles. The lowest BCUT2D eigenvalue weighted by Gasteiger charge is -2.31. The third-order valence-corrected chi connectivity index (χ3v) is 5.16. The van der Waals surface area contributed by atoms with Crippen LogP contribution in [0.15, 0.2) is 18.2 Å². The van der Waals surface area contributed by atoms with Crippen molar-refractivity contribution in [3.8, 4) is 0 Å². The van der Waals surface area contributed by atoms with Crippen molar-refractivity contribution in [2.24, 2.45) is 11.8 Å². The van der Waals surface area contributed by atoms with Crippen LogP contribution in [0.25, 0.3) is 0 Å². The topological polar surface area (TPSA) is 61.4 Å². The van der Waals surface area contributed by atoms with E-state index in [9.17, 15) is 4.79 Å². The molecular weight excluding hydrogens is 276 g/mol. The fraction of sp³-hybridized carbons (Fsp3) is 0.533. The van der Waals surface area contributed by atoms with Crippen LogP contribution in [0.5, 0.6) is 0 Å². The fourth-order valence-corrected chi connectivity index (χ4v) is 3.74. The Kier molecular flexibility index (Phi) is 3.71. The molecule has 1 aromatic rings. The summed E-state index contributed by atoms with van der Waals surface area (Å²) in [6, 6.07) is 6.43. The van der Waals surface area contributed by atoms with E-state index in [0.717, 1.165) is 23.4 Å². The molecule has 1 aliphatic heterocycles. The first-order chi connectivity index (χ1) is 9.58. The molecule has 1 saturated heterocycles. The Morgan fingerprint density at radius 2 is 2.15 bits per heavy atom. The van der Waals surface area contributed by atoms with E-state index in [4.69, 9.17) is 16.7 Å². The number of carboxylic acid groups (broad SMARTS) is 1. The minimum Gasteiger partial charge on any atom is -0.481 e. The molecule has 0 amide bonds. The lowest BCUT2D eigenvalue weighted by molar-refractivity contribution is -0.143. The van der Waals surface area contributed by atoms with Gasteiger partial charge in [0.1, 0.15) is 0 Å². The van der Waals surface area contributed by atoms with Gasteiger partial charge in [-0.2, -0.15) is 0 Å². The van der Waals surface area contributed by atoms with Gasteiger partial charge in [0.25, 0.3) is 0 Å². The Morgan fingerprint density at radius 1 is 1.35 bits per heavy atom. The first kappa shape index (κ1) is 13.9. The smallest absolute Gasteiger partial charge is 0.306 e. The molecule has 2 fully saturated rings. The summed E-state index contributed by atoms with van der Waals surface area (Å²) in [6.07, 6.45) is 2.39. The van der Waals surface area contributed by atoms with Crippen molar-refractivity contribution in [2.75, 3.05) is 0 Å². The molecule has 1 aliphatic carbocycles. The molecule has 5 heteroatoms. The molecule has 1 saturated carbocycles. The molecule has 20 heavy (non-hydrogen) atoms. The molecule has 1 aromatic carbocycles. The van der Waals surface area contributed by atoms with E-state index in [0.29, 0.717) is 12.3 Å². The third-order valence-electron chi connectivity index (χ3n) is 4.75. The molecular formula is C15H19ClN2O2. The van der Waals surface area contributed by atoms with Crippen LogP contribution < -0.4 is 10.9 Å². The maximum atomic E-state index is 11.1. The van der Waals surface area contributed by atoms with E-state index in [1.807, 2.05) is 19.1 Å². The Morgan fingerprint density at radius 3 is 2.90 bits per heavy atom. The Hall–Kier alpha value is -1.10. The number of hydrogen-bond acceptors (Lipinski definition) is 3. The Labute approximate surface area is 123 Å². The van der Waals surface area contributed by atoms with E-state index >= 15 is 0 Å². The number of fused-ring (bicyclic) bond motifs is 1. The maximum Gasteiger partial charge on any atom is 0.306 e. The highest BCUT2D eigenvalue weighted by Crippen LogP contribution is 2.41. The fourth-order valence-electron chi connectivity index (χ4n) is 3.56. The first-order valence-electron chi connectivity index (χ1n) is 7.07. The summed E-state index contributed by atoms with van der Waals surface area (Å²) in [6.45, 7) is 2.04. The largest absolute Gasteiger partial charge is 0.481 e. The second kappa shape index (κ2) is 5.35. The molecule has 0 aromatic heterocycles. The van der Waals surface area contributed by atoms with Crippen molar-refractivity contribution in [1.29, 1.82) is 0 Å². The molecule has 4 unspecified atom stereocenters. The van der Waals surface area contributed by atoms with E-state index < -0.39 is 5.97 Å². The number of halogens is 1. The van der Waals surface area contributed by atoms with Crippen LogP contribution in [0, 0.1) is 18.8 Å². The lowest BCUT2D eigenvalue weighted by atomic mass is 9.74. The molecule has 2 aliphatic rings. The zero-order chi connectivity index (χ0) is 14.3. The van der Waals surface area contributed by atoms with Crippen LogP contribution in [0.2, 0.25) is 5.02 Å². The number of nitrogens with one attached hydrogen (secondary N) is 2. The van der Waals surface area contributed by atoms with Gasteiger partial charge in [-0.15, -0.1) is 0 Å². The molecule has 0 spiro atoms. The summed E-state index contributed by atoms with van der Waals surface area (Å²) in [7, 11) is 0. The van der Waals surface area contributed by atoms with Gasteiger partial charge >= 0.3 is 5.97 Å². The van der Waals surface area contributed by atoms with Crippen LogP contribution >= 0.6 is 11.6 Å². The molecule has 3 rings (SSSR count). The van der Waals surface area contributed by atoms with Crippen molar-refractivity contribution in [1.82, 2.24) is 10.9 Å². The first-order valence-corrected chi connectivity index (χ1v) is 7.44. The number of carbonyl (C=O) groups is 1. The number of aliphatic carboxylic acids is 1.